The molecule has 0 unspecified atom stereocenters. The summed E-state index contributed by atoms with van der Waals surface area (Å²) in [6.45, 7) is 8.52. The molecule has 136 valence electrons. The van der Waals surface area contributed by atoms with Crippen LogP contribution < -0.4 is 4.90 Å². The van der Waals surface area contributed by atoms with Crippen LogP contribution in [0.25, 0.3) is 0 Å². The van der Waals surface area contributed by atoms with Gasteiger partial charge in [0.2, 0.25) is 0 Å². The first-order valence-electron chi connectivity index (χ1n) is 9.47. The average molecular weight is 343 g/mol. The first kappa shape index (κ1) is 17.8. The summed E-state index contributed by atoms with van der Waals surface area (Å²) in [5, 5.41) is 0. The van der Waals surface area contributed by atoms with Crippen LogP contribution in [-0.2, 0) is 9.59 Å². The minimum Gasteiger partial charge on any atom is -0.368 e. The Balaban J connectivity index is 1.59. The van der Waals surface area contributed by atoms with Crippen LogP contribution in [0.5, 0.6) is 0 Å². The highest BCUT2D eigenvalue weighted by Crippen LogP contribution is 2.24. The summed E-state index contributed by atoms with van der Waals surface area (Å²) >= 11 is 0. The maximum atomic E-state index is 12.6. The number of carbonyl (C=O) groups excluding carboxylic acids is 2. The predicted molar refractivity (Wildman–Crippen MR) is 99.8 cm³/mol. The Hall–Kier alpha value is -2.04. The standard InChI is InChI=1S/C20H29N3O2/c1-16-8-7-9-18(17(16)2)21-12-14-23(15-13-21)20(25)19(24)22-10-5-3-4-6-11-22/h7-9H,3-6,10-15H2,1-2H3. The van der Waals surface area contributed by atoms with Gasteiger partial charge in [-0.1, -0.05) is 25.0 Å². The Morgan fingerprint density at radius 1 is 0.760 bits per heavy atom. The zero-order chi connectivity index (χ0) is 17.8. The zero-order valence-electron chi connectivity index (χ0n) is 15.5. The molecule has 0 radical (unpaired) electrons. The highest BCUT2D eigenvalue weighted by molar-refractivity contribution is 6.34. The van der Waals surface area contributed by atoms with E-state index >= 15 is 0 Å². The molecular formula is C20H29N3O2. The molecule has 2 heterocycles. The van der Waals surface area contributed by atoms with Gasteiger partial charge in [-0.2, -0.15) is 0 Å². The Morgan fingerprint density at radius 3 is 1.92 bits per heavy atom. The quantitative estimate of drug-likeness (QED) is 0.735. The first-order chi connectivity index (χ1) is 12.1. The van der Waals surface area contributed by atoms with Crippen molar-refractivity contribution >= 4 is 17.5 Å². The van der Waals surface area contributed by atoms with Crippen molar-refractivity contribution in [3.63, 3.8) is 0 Å². The monoisotopic (exact) mass is 343 g/mol. The molecule has 0 atom stereocenters. The molecule has 0 aromatic heterocycles. The lowest BCUT2D eigenvalue weighted by molar-refractivity contribution is -0.152. The summed E-state index contributed by atoms with van der Waals surface area (Å²) in [6, 6.07) is 6.35. The van der Waals surface area contributed by atoms with Crippen molar-refractivity contribution in [1.82, 2.24) is 9.80 Å². The molecule has 0 N–H and O–H groups in total. The van der Waals surface area contributed by atoms with E-state index in [0.717, 1.165) is 51.9 Å². The number of aryl methyl sites for hydroxylation is 1. The molecule has 3 rings (SSSR count). The molecule has 2 aliphatic heterocycles. The van der Waals surface area contributed by atoms with Crippen LogP contribution in [0.3, 0.4) is 0 Å². The van der Waals surface area contributed by atoms with Crippen molar-refractivity contribution in [3.05, 3.63) is 29.3 Å². The fourth-order valence-electron chi connectivity index (χ4n) is 3.77. The first-order valence-corrected chi connectivity index (χ1v) is 9.47. The van der Waals surface area contributed by atoms with E-state index in [-0.39, 0.29) is 11.8 Å². The third-order valence-electron chi connectivity index (χ3n) is 5.56. The highest BCUT2D eigenvalue weighted by Gasteiger charge is 2.30. The van der Waals surface area contributed by atoms with E-state index in [4.69, 9.17) is 0 Å². The van der Waals surface area contributed by atoms with Gasteiger partial charge in [-0.25, -0.2) is 0 Å². The lowest BCUT2D eigenvalue weighted by Crippen LogP contribution is -2.53. The normalized spacial score (nSPS) is 18.9. The van der Waals surface area contributed by atoms with Crippen molar-refractivity contribution in [1.29, 1.82) is 0 Å². The Kier molecular flexibility index (Phi) is 5.61. The zero-order valence-corrected chi connectivity index (χ0v) is 15.5. The Labute approximate surface area is 150 Å². The van der Waals surface area contributed by atoms with E-state index in [2.05, 4.69) is 36.9 Å². The molecule has 25 heavy (non-hydrogen) atoms. The van der Waals surface area contributed by atoms with E-state index in [1.54, 1.807) is 9.80 Å². The summed E-state index contributed by atoms with van der Waals surface area (Å²) < 4.78 is 0. The second-order valence-electron chi connectivity index (χ2n) is 7.20. The van der Waals surface area contributed by atoms with Crippen LogP contribution >= 0.6 is 0 Å². The molecule has 0 bridgehead atoms. The van der Waals surface area contributed by atoms with Crippen molar-refractivity contribution < 1.29 is 9.59 Å². The van der Waals surface area contributed by atoms with Crippen LogP contribution in [0.2, 0.25) is 0 Å². The fourth-order valence-corrected chi connectivity index (χ4v) is 3.77. The molecule has 2 amide bonds. The highest BCUT2D eigenvalue weighted by atomic mass is 16.2. The summed E-state index contributed by atoms with van der Waals surface area (Å²) in [6.07, 6.45) is 4.35. The molecular weight excluding hydrogens is 314 g/mol. The number of carbonyl (C=O) groups is 2. The van der Waals surface area contributed by atoms with Gasteiger partial charge in [0.05, 0.1) is 0 Å². The van der Waals surface area contributed by atoms with E-state index in [9.17, 15) is 9.59 Å². The van der Waals surface area contributed by atoms with Gasteiger partial charge in [-0.15, -0.1) is 0 Å². The number of hydrogen-bond acceptors (Lipinski definition) is 3. The smallest absolute Gasteiger partial charge is 0.312 e. The van der Waals surface area contributed by atoms with Gasteiger partial charge in [0.25, 0.3) is 0 Å². The van der Waals surface area contributed by atoms with Crippen molar-refractivity contribution in [2.45, 2.75) is 39.5 Å². The Morgan fingerprint density at radius 2 is 1.32 bits per heavy atom. The number of likely N-dealkylation sites (tertiary alicyclic amines) is 1. The summed E-state index contributed by atoms with van der Waals surface area (Å²) in [5.74, 6) is -0.621. The van der Waals surface area contributed by atoms with Crippen LogP contribution in [-0.4, -0.2) is 60.9 Å². The molecule has 2 saturated heterocycles. The molecule has 5 heteroatoms. The second-order valence-corrected chi connectivity index (χ2v) is 7.20. The minimum atomic E-state index is -0.317. The maximum absolute atomic E-state index is 12.6. The molecule has 1 aromatic carbocycles. The van der Waals surface area contributed by atoms with Crippen molar-refractivity contribution in [2.75, 3.05) is 44.2 Å². The van der Waals surface area contributed by atoms with Gasteiger partial charge < -0.3 is 14.7 Å². The van der Waals surface area contributed by atoms with Crippen LogP contribution in [0.1, 0.15) is 36.8 Å². The molecule has 2 aliphatic rings. The second kappa shape index (κ2) is 7.89. The molecule has 1 aromatic rings. The number of hydrogen-bond donors (Lipinski definition) is 0. The third kappa shape index (κ3) is 3.97. The molecule has 5 nitrogen and oxygen atoms in total. The Bertz CT molecular complexity index is 628. The summed E-state index contributed by atoms with van der Waals surface area (Å²) in [4.78, 5) is 30.9. The minimum absolute atomic E-state index is 0.304. The van der Waals surface area contributed by atoms with Crippen molar-refractivity contribution in [2.24, 2.45) is 0 Å². The number of nitrogens with zero attached hydrogens (tertiary/aromatic N) is 3. The van der Waals surface area contributed by atoms with Crippen LogP contribution in [0, 0.1) is 13.8 Å². The van der Waals surface area contributed by atoms with Crippen LogP contribution in [0.4, 0.5) is 5.69 Å². The maximum Gasteiger partial charge on any atom is 0.312 e. The number of benzene rings is 1. The predicted octanol–water partition coefficient (Wildman–Crippen LogP) is 2.35. The molecule has 0 aliphatic carbocycles. The van der Waals surface area contributed by atoms with Gasteiger partial charge >= 0.3 is 11.8 Å². The van der Waals surface area contributed by atoms with Gasteiger partial charge in [-0.3, -0.25) is 9.59 Å². The fraction of sp³-hybridized carbons (Fsp3) is 0.600. The van der Waals surface area contributed by atoms with Crippen LogP contribution in [0.15, 0.2) is 18.2 Å². The van der Waals surface area contributed by atoms with E-state index in [1.807, 2.05) is 0 Å². The van der Waals surface area contributed by atoms with E-state index in [0.29, 0.717) is 13.1 Å². The molecule has 0 saturated carbocycles. The number of anilines is 1. The SMILES string of the molecule is Cc1cccc(N2CCN(C(=O)C(=O)N3CCCCCC3)CC2)c1C. The number of amides is 2. The average Bonchev–Trinajstić information content (AvgIpc) is 2.92. The lowest BCUT2D eigenvalue weighted by atomic mass is 10.1. The topological polar surface area (TPSA) is 43.9 Å². The van der Waals surface area contributed by atoms with Gasteiger partial charge in [-0.05, 0) is 43.9 Å². The number of piperazine rings is 1. The summed E-state index contributed by atoms with van der Waals surface area (Å²) in [7, 11) is 0. The van der Waals surface area contributed by atoms with Crippen molar-refractivity contribution in [3.8, 4) is 0 Å². The van der Waals surface area contributed by atoms with E-state index < -0.39 is 0 Å². The van der Waals surface area contributed by atoms with Gasteiger partial charge in [0, 0.05) is 45.0 Å². The van der Waals surface area contributed by atoms with Gasteiger partial charge in [0.1, 0.15) is 0 Å². The lowest BCUT2D eigenvalue weighted by Gasteiger charge is -2.37. The van der Waals surface area contributed by atoms with Gasteiger partial charge in [0.15, 0.2) is 0 Å². The third-order valence-corrected chi connectivity index (χ3v) is 5.56. The summed E-state index contributed by atoms with van der Waals surface area (Å²) in [5.41, 5.74) is 3.82. The largest absolute Gasteiger partial charge is 0.368 e. The molecule has 2 fully saturated rings. The number of rotatable bonds is 1. The van der Waals surface area contributed by atoms with E-state index in [1.165, 1.54) is 16.8 Å². The molecule has 0 spiro atoms.